The van der Waals surface area contributed by atoms with Crippen LogP contribution in [0.4, 0.5) is 0 Å². The van der Waals surface area contributed by atoms with Gasteiger partial charge in [-0.25, -0.2) is 0 Å². The Morgan fingerprint density at radius 1 is 1.44 bits per heavy atom. The van der Waals surface area contributed by atoms with Gasteiger partial charge >= 0.3 is 0 Å². The Kier molecular flexibility index (Phi) is 4.19. The lowest BCUT2D eigenvalue weighted by Gasteiger charge is -2.18. The Bertz CT molecular complexity index is 534. The van der Waals surface area contributed by atoms with Crippen molar-refractivity contribution in [2.24, 2.45) is 7.05 Å². The summed E-state index contributed by atoms with van der Waals surface area (Å²) in [7, 11) is 3.95. The van der Waals surface area contributed by atoms with E-state index < -0.39 is 0 Å². The number of aromatic nitrogens is 2. The molecule has 0 aliphatic heterocycles. The zero-order valence-electron chi connectivity index (χ0n) is 10.9. The lowest BCUT2D eigenvalue weighted by atomic mass is 9.97. The van der Waals surface area contributed by atoms with Crippen molar-refractivity contribution in [3.63, 3.8) is 0 Å². The molecule has 0 aliphatic rings. The van der Waals surface area contributed by atoms with E-state index in [1.165, 1.54) is 16.7 Å². The Labute approximate surface area is 116 Å². The van der Waals surface area contributed by atoms with Gasteiger partial charge in [0.05, 0.1) is 6.20 Å². The smallest absolute Gasteiger partial charge is 0.0522 e. The fourth-order valence-corrected chi connectivity index (χ4v) is 2.55. The van der Waals surface area contributed by atoms with Crippen molar-refractivity contribution in [1.82, 2.24) is 15.1 Å². The molecule has 0 aliphatic carbocycles. The number of benzene rings is 1. The highest BCUT2D eigenvalue weighted by Crippen LogP contribution is 2.24. The molecule has 0 spiro atoms. The van der Waals surface area contributed by atoms with Crippen LogP contribution in [-0.4, -0.2) is 16.8 Å². The van der Waals surface area contributed by atoms with Gasteiger partial charge in [-0.1, -0.05) is 22.0 Å². The quantitative estimate of drug-likeness (QED) is 0.941. The molecule has 1 aromatic heterocycles. The molecule has 0 saturated heterocycles. The second-order valence-electron chi connectivity index (χ2n) is 4.57. The summed E-state index contributed by atoms with van der Waals surface area (Å²) in [6.07, 6.45) is 4.94. The molecule has 1 heterocycles. The Morgan fingerprint density at radius 3 is 2.83 bits per heavy atom. The summed E-state index contributed by atoms with van der Waals surface area (Å²) >= 11 is 3.54. The molecular weight excluding hydrogens is 290 g/mol. The number of rotatable bonds is 4. The van der Waals surface area contributed by atoms with Gasteiger partial charge in [-0.05, 0) is 49.2 Å². The molecule has 2 rings (SSSR count). The maximum Gasteiger partial charge on any atom is 0.0522 e. The van der Waals surface area contributed by atoms with Crippen LogP contribution in [0.2, 0.25) is 0 Å². The third-order valence-electron chi connectivity index (χ3n) is 3.16. The Balaban J connectivity index is 2.25. The first-order valence-corrected chi connectivity index (χ1v) is 6.80. The molecule has 96 valence electrons. The molecule has 4 heteroatoms. The molecule has 2 aromatic rings. The van der Waals surface area contributed by atoms with E-state index in [2.05, 4.69) is 57.7 Å². The minimum absolute atomic E-state index is 0.312. The zero-order valence-corrected chi connectivity index (χ0v) is 12.5. The highest BCUT2D eigenvalue weighted by Gasteiger charge is 2.13. The SMILES string of the molecule is CNC(Cc1cnn(C)c1)c1cc(Br)ccc1C. The van der Waals surface area contributed by atoms with Crippen molar-refractivity contribution < 1.29 is 0 Å². The van der Waals surface area contributed by atoms with Gasteiger partial charge in [-0.2, -0.15) is 5.10 Å². The predicted molar refractivity (Wildman–Crippen MR) is 77.6 cm³/mol. The molecule has 18 heavy (non-hydrogen) atoms. The standard InChI is InChI=1S/C14H18BrN3/c1-10-4-5-12(15)7-13(10)14(16-2)6-11-8-17-18(3)9-11/h4-5,7-9,14,16H,6H2,1-3H3. The normalized spacial score (nSPS) is 12.7. The first-order chi connectivity index (χ1) is 8.60. The summed E-state index contributed by atoms with van der Waals surface area (Å²) in [4.78, 5) is 0. The molecule has 1 unspecified atom stereocenters. The second kappa shape index (κ2) is 5.67. The van der Waals surface area contributed by atoms with Crippen molar-refractivity contribution >= 4 is 15.9 Å². The van der Waals surface area contributed by atoms with Crippen molar-refractivity contribution in [1.29, 1.82) is 0 Å². The van der Waals surface area contributed by atoms with E-state index in [1.54, 1.807) is 0 Å². The van der Waals surface area contributed by atoms with Gasteiger partial charge in [0.15, 0.2) is 0 Å². The van der Waals surface area contributed by atoms with E-state index in [-0.39, 0.29) is 0 Å². The largest absolute Gasteiger partial charge is 0.313 e. The molecule has 3 nitrogen and oxygen atoms in total. The zero-order chi connectivity index (χ0) is 13.1. The van der Waals surface area contributed by atoms with Crippen molar-refractivity contribution in [3.8, 4) is 0 Å². The van der Waals surface area contributed by atoms with Crippen LogP contribution < -0.4 is 5.32 Å². The van der Waals surface area contributed by atoms with Crippen LogP contribution in [0, 0.1) is 6.92 Å². The third kappa shape index (κ3) is 3.00. The number of nitrogens with zero attached hydrogens (tertiary/aromatic N) is 2. The lowest BCUT2D eigenvalue weighted by molar-refractivity contribution is 0.588. The number of hydrogen-bond donors (Lipinski definition) is 1. The van der Waals surface area contributed by atoms with Gasteiger partial charge in [0, 0.05) is 23.8 Å². The van der Waals surface area contributed by atoms with Crippen molar-refractivity contribution in [3.05, 3.63) is 51.8 Å². The van der Waals surface area contributed by atoms with Gasteiger partial charge in [0.2, 0.25) is 0 Å². The number of nitrogens with one attached hydrogen (secondary N) is 1. The van der Waals surface area contributed by atoms with Crippen LogP contribution in [0.3, 0.4) is 0 Å². The molecule has 0 amide bonds. The lowest BCUT2D eigenvalue weighted by Crippen LogP contribution is -2.19. The first-order valence-electron chi connectivity index (χ1n) is 6.01. The number of hydrogen-bond acceptors (Lipinski definition) is 2. The fraction of sp³-hybridized carbons (Fsp3) is 0.357. The second-order valence-corrected chi connectivity index (χ2v) is 5.48. The minimum atomic E-state index is 0.312. The maximum atomic E-state index is 4.22. The van der Waals surface area contributed by atoms with E-state index in [0.29, 0.717) is 6.04 Å². The van der Waals surface area contributed by atoms with Gasteiger partial charge in [0.1, 0.15) is 0 Å². The third-order valence-corrected chi connectivity index (χ3v) is 3.66. The highest BCUT2D eigenvalue weighted by molar-refractivity contribution is 9.10. The summed E-state index contributed by atoms with van der Waals surface area (Å²) in [6, 6.07) is 6.72. The summed E-state index contributed by atoms with van der Waals surface area (Å²) in [5.74, 6) is 0. The summed E-state index contributed by atoms with van der Waals surface area (Å²) in [6.45, 7) is 2.15. The molecule has 0 radical (unpaired) electrons. The molecule has 1 aromatic carbocycles. The number of aryl methyl sites for hydroxylation is 2. The van der Waals surface area contributed by atoms with Crippen LogP contribution in [0.15, 0.2) is 35.1 Å². The molecular formula is C14H18BrN3. The average molecular weight is 308 g/mol. The number of likely N-dealkylation sites (N-methyl/N-ethyl adjacent to an activating group) is 1. The van der Waals surface area contributed by atoms with Crippen LogP contribution in [0.1, 0.15) is 22.7 Å². The van der Waals surface area contributed by atoms with Gasteiger partial charge in [-0.3, -0.25) is 4.68 Å². The van der Waals surface area contributed by atoms with E-state index in [9.17, 15) is 0 Å². The fourth-order valence-electron chi connectivity index (χ4n) is 2.17. The molecule has 1 atom stereocenters. The molecule has 0 bridgehead atoms. The van der Waals surface area contributed by atoms with E-state index in [4.69, 9.17) is 0 Å². The van der Waals surface area contributed by atoms with Crippen molar-refractivity contribution in [2.75, 3.05) is 7.05 Å². The van der Waals surface area contributed by atoms with E-state index in [0.717, 1.165) is 10.9 Å². The van der Waals surface area contributed by atoms with E-state index >= 15 is 0 Å². The topological polar surface area (TPSA) is 29.9 Å². The minimum Gasteiger partial charge on any atom is -0.313 e. The van der Waals surface area contributed by atoms with Crippen LogP contribution in [-0.2, 0) is 13.5 Å². The number of halogens is 1. The summed E-state index contributed by atoms with van der Waals surface area (Å²) < 4.78 is 2.96. The maximum absolute atomic E-state index is 4.22. The van der Waals surface area contributed by atoms with Crippen LogP contribution in [0.5, 0.6) is 0 Å². The molecule has 1 N–H and O–H groups in total. The molecule has 0 saturated carbocycles. The monoisotopic (exact) mass is 307 g/mol. The van der Waals surface area contributed by atoms with Gasteiger partial charge in [0.25, 0.3) is 0 Å². The van der Waals surface area contributed by atoms with Gasteiger partial charge < -0.3 is 5.32 Å². The van der Waals surface area contributed by atoms with Crippen LogP contribution >= 0.6 is 15.9 Å². The predicted octanol–water partition coefficient (Wildman–Crippen LogP) is 2.99. The Morgan fingerprint density at radius 2 is 2.22 bits per heavy atom. The molecule has 0 fully saturated rings. The average Bonchev–Trinajstić information content (AvgIpc) is 2.75. The van der Waals surface area contributed by atoms with Crippen LogP contribution in [0.25, 0.3) is 0 Å². The van der Waals surface area contributed by atoms with Gasteiger partial charge in [-0.15, -0.1) is 0 Å². The highest BCUT2D eigenvalue weighted by atomic mass is 79.9. The van der Waals surface area contributed by atoms with Crippen molar-refractivity contribution in [2.45, 2.75) is 19.4 Å². The van der Waals surface area contributed by atoms with E-state index in [1.807, 2.05) is 25.0 Å². The Hall–Kier alpha value is -1.13. The first kappa shape index (κ1) is 13.3. The summed E-state index contributed by atoms with van der Waals surface area (Å²) in [5.41, 5.74) is 3.88. The summed E-state index contributed by atoms with van der Waals surface area (Å²) in [5, 5.41) is 7.60.